The van der Waals surface area contributed by atoms with Gasteiger partial charge in [-0.2, -0.15) is 0 Å². The molecule has 1 fully saturated rings. The minimum atomic E-state index is -0.531. The third-order valence-corrected chi connectivity index (χ3v) is 5.55. The number of hydrogen-bond acceptors (Lipinski definition) is 3. The maximum absolute atomic E-state index is 14.5. The molecule has 0 unspecified atom stereocenters. The van der Waals surface area contributed by atoms with Crippen molar-refractivity contribution in [2.75, 3.05) is 25.0 Å². The van der Waals surface area contributed by atoms with Crippen LogP contribution in [0.4, 0.5) is 10.1 Å². The van der Waals surface area contributed by atoms with Crippen LogP contribution in [0.25, 0.3) is 11.1 Å². The van der Waals surface area contributed by atoms with Crippen molar-refractivity contribution in [1.82, 2.24) is 4.90 Å². The maximum atomic E-state index is 14.5. The van der Waals surface area contributed by atoms with E-state index in [1.807, 2.05) is 0 Å². The molecule has 3 N–H and O–H groups in total. The van der Waals surface area contributed by atoms with Crippen LogP contribution in [0, 0.1) is 5.82 Å². The Labute approximate surface area is 177 Å². The van der Waals surface area contributed by atoms with E-state index in [4.69, 9.17) is 5.73 Å². The second kappa shape index (κ2) is 10.9. The lowest BCUT2D eigenvalue weighted by molar-refractivity contribution is -0.116. The first-order valence-corrected chi connectivity index (χ1v) is 10.7. The summed E-state index contributed by atoms with van der Waals surface area (Å²) in [4.78, 5) is 26.0. The van der Waals surface area contributed by atoms with E-state index in [9.17, 15) is 14.0 Å². The molecule has 1 saturated heterocycles. The summed E-state index contributed by atoms with van der Waals surface area (Å²) in [5, 5.41) is 2.67. The number of nitrogens with zero attached hydrogens (tertiary/aromatic N) is 1. The second-order valence-electron chi connectivity index (χ2n) is 7.90. The normalized spacial score (nSPS) is 14.8. The number of carbonyl (C=O) groups excluding carboxylic acids is 2. The SMILES string of the molecule is NC(=O)c1cccc(-c2ccc(NC(=O)CCCCN3CCCCCC3)c(F)c2)c1. The van der Waals surface area contributed by atoms with Gasteiger partial charge in [-0.05, 0) is 80.7 Å². The van der Waals surface area contributed by atoms with Crippen molar-refractivity contribution < 1.29 is 14.0 Å². The third kappa shape index (κ3) is 6.39. The van der Waals surface area contributed by atoms with E-state index in [1.54, 1.807) is 36.4 Å². The highest BCUT2D eigenvalue weighted by Crippen LogP contribution is 2.25. The van der Waals surface area contributed by atoms with E-state index < -0.39 is 11.7 Å². The minimum Gasteiger partial charge on any atom is -0.366 e. The van der Waals surface area contributed by atoms with Gasteiger partial charge in [-0.3, -0.25) is 9.59 Å². The van der Waals surface area contributed by atoms with Gasteiger partial charge in [0.2, 0.25) is 11.8 Å². The van der Waals surface area contributed by atoms with E-state index in [-0.39, 0.29) is 11.6 Å². The first-order chi connectivity index (χ1) is 14.5. The Morgan fingerprint density at radius 2 is 1.70 bits per heavy atom. The molecule has 1 aliphatic heterocycles. The standard InChI is InChI=1S/C24H30FN3O2/c25-21-17-19(18-8-7-9-20(16-18)24(26)30)11-12-22(21)27-23(29)10-3-6-15-28-13-4-1-2-5-14-28/h7-9,11-12,16-17H,1-6,10,13-15H2,(H2,26,30)(H,27,29). The van der Waals surface area contributed by atoms with Crippen molar-refractivity contribution >= 4 is 17.5 Å². The Morgan fingerprint density at radius 3 is 2.40 bits per heavy atom. The average molecular weight is 412 g/mol. The molecule has 30 heavy (non-hydrogen) atoms. The first-order valence-electron chi connectivity index (χ1n) is 10.7. The van der Waals surface area contributed by atoms with Crippen LogP contribution in [0.1, 0.15) is 55.3 Å². The molecule has 2 aromatic carbocycles. The van der Waals surface area contributed by atoms with Crippen LogP contribution in [-0.2, 0) is 4.79 Å². The Balaban J connectivity index is 1.49. The predicted octanol–water partition coefficient (Wildman–Crippen LogP) is 4.58. The number of unbranched alkanes of at least 4 members (excludes halogenated alkanes) is 1. The van der Waals surface area contributed by atoms with Crippen LogP contribution in [0.3, 0.4) is 0 Å². The van der Waals surface area contributed by atoms with Gasteiger partial charge in [-0.25, -0.2) is 4.39 Å². The minimum absolute atomic E-state index is 0.169. The lowest BCUT2D eigenvalue weighted by Gasteiger charge is -2.19. The summed E-state index contributed by atoms with van der Waals surface area (Å²) in [6.07, 6.45) is 7.33. The molecule has 3 rings (SSSR count). The van der Waals surface area contributed by atoms with Crippen molar-refractivity contribution in [3.63, 3.8) is 0 Å². The summed E-state index contributed by atoms with van der Waals surface area (Å²) in [6, 6.07) is 11.4. The largest absolute Gasteiger partial charge is 0.366 e. The van der Waals surface area contributed by atoms with E-state index >= 15 is 0 Å². The fourth-order valence-corrected chi connectivity index (χ4v) is 3.84. The zero-order valence-corrected chi connectivity index (χ0v) is 17.3. The van der Waals surface area contributed by atoms with Crippen LogP contribution in [0.5, 0.6) is 0 Å². The molecule has 5 nitrogen and oxygen atoms in total. The molecule has 0 spiro atoms. The van der Waals surface area contributed by atoms with Gasteiger partial charge in [-0.15, -0.1) is 0 Å². The second-order valence-corrected chi connectivity index (χ2v) is 7.90. The van der Waals surface area contributed by atoms with Crippen LogP contribution in [-0.4, -0.2) is 36.3 Å². The molecular formula is C24H30FN3O2. The van der Waals surface area contributed by atoms with Crippen LogP contribution in [0.15, 0.2) is 42.5 Å². The molecule has 0 aromatic heterocycles. The molecule has 1 aliphatic rings. The zero-order chi connectivity index (χ0) is 21.3. The average Bonchev–Trinajstić information content (AvgIpc) is 3.01. The van der Waals surface area contributed by atoms with Gasteiger partial charge >= 0.3 is 0 Å². The number of hydrogen-bond donors (Lipinski definition) is 2. The quantitative estimate of drug-likeness (QED) is 0.625. The molecule has 6 heteroatoms. The lowest BCUT2D eigenvalue weighted by atomic mass is 10.0. The number of benzene rings is 2. The summed E-state index contributed by atoms with van der Waals surface area (Å²) >= 11 is 0. The Bertz CT molecular complexity index is 877. The number of nitrogens with one attached hydrogen (secondary N) is 1. The van der Waals surface area contributed by atoms with E-state index in [1.165, 1.54) is 31.7 Å². The van der Waals surface area contributed by atoms with Crippen molar-refractivity contribution in [2.24, 2.45) is 5.73 Å². The van der Waals surface area contributed by atoms with E-state index in [0.717, 1.165) is 32.5 Å². The van der Waals surface area contributed by atoms with Gasteiger partial charge in [0.05, 0.1) is 5.69 Å². The van der Waals surface area contributed by atoms with Crippen LogP contribution in [0.2, 0.25) is 0 Å². The highest BCUT2D eigenvalue weighted by molar-refractivity contribution is 5.94. The molecule has 0 atom stereocenters. The third-order valence-electron chi connectivity index (χ3n) is 5.55. The summed E-state index contributed by atoms with van der Waals surface area (Å²) < 4.78 is 14.5. The van der Waals surface area contributed by atoms with Crippen molar-refractivity contribution in [2.45, 2.75) is 44.9 Å². The van der Waals surface area contributed by atoms with Crippen molar-refractivity contribution in [3.8, 4) is 11.1 Å². The number of amides is 2. The summed E-state index contributed by atoms with van der Waals surface area (Å²) in [5.41, 5.74) is 7.15. The molecule has 0 aliphatic carbocycles. The van der Waals surface area contributed by atoms with Gasteiger partial charge in [0, 0.05) is 12.0 Å². The summed E-state index contributed by atoms with van der Waals surface area (Å²) in [5.74, 6) is -1.21. The van der Waals surface area contributed by atoms with Gasteiger partial charge in [0.15, 0.2) is 0 Å². The summed E-state index contributed by atoms with van der Waals surface area (Å²) in [7, 11) is 0. The smallest absolute Gasteiger partial charge is 0.248 e. The van der Waals surface area contributed by atoms with E-state index in [2.05, 4.69) is 10.2 Å². The molecule has 0 saturated carbocycles. The van der Waals surface area contributed by atoms with Crippen LogP contribution >= 0.6 is 0 Å². The number of primary amides is 1. The number of carbonyl (C=O) groups is 2. The number of anilines is 1. The molecule has 2 aromatic rings. The molecule has 160 valence electrons. The zero-order valence-electron chi connectivity index (χ0n) is 17.3. The fourth-order valence-electron chi connectivity index (χ4n) is 3.84. The highest BCUT2D eigenvalue weighted by atomic mass is 19.1. The number of halogens is 1. The van der Waals surface area contributed by atoms with Gasteiger partial charge in [0.25, 0.3) is 0 Å². The van der Waals surface area contributed by atoms with Gasteiger partial charge in [0.1, 0.15) is 5.82 Å². The predicted molar refractivity (Wildman–Crippen MR) is 118 cm³/mol. The van der Waals surface area contributed by atoms with Gasteiger partial charge in [-0.1, -0.05) is 31.0 Å². The monoisotopic (exact) mass is 411 g/mol. The van der Waals surface area contributed by atoms with Crippen LogP contribution < -0.4 is 11.1 Å². The molecule has 0 radical (unpaired) electrons. The maximum Gasteiger partial charge on any atom is 0.248 e. The Kier molecular flexibility index (Phi) is 7.97. The lowest BCUT2D eigenvalue weighted by Crippen LogP contribution is -2.25. The fraction of sp³-hybridized carbons (Fsp3) is 0.417. The highest BCUT2D eigenvalue weighted by Gasteiger charge is 2.11. The number of nitrogens with two attached hydrogens (primary N) is 1. The molecule has 2 amide bonds. The van der Waals surface area contributed by atoms with E-state index in [0.29, 0.717) is 23.1 Å². The number of rotatable bonds is 8. The Hall–Kier alpha value is -2.73. The Morgan fingerprint density at radius 1 is 0.967 bits per heavy atom. The number of likely N-dealkylation sites (tertiary alicyclic amines) is 1. The molecule has 0 bridgehead atoms. The molecule has 1 heterocycles. The molecular weight excluding hydrogens is 381 g/mol. The topological polar surface area (TPSA) is 75.4 Å². The first kappa shape index (κ1) is 22.0. The van der Waals surface area contributed by atoms with Gasteiger partial charge < -0.3 is 16.0 Å². The summed E-state index contributed by atoms with van der Waals surface area (Å²) in [6.45, 7) is 3.35. The van der Waals surface area contributed by atoms with Crippen molar-refractivity contribution in [1.29, 1.82) is 0 Å². The van der Waals surface area contributed by atoms with Crippen molar-refractivity contribution in [3.05, 3.63) is 53.8 Å².